The molecule has 3 fully saturated rings. The molecule has 2 saturated carbocycles. The van der Waals surface area contributed by atoms with Crippen LogP contribution in [0, 0.1) is 17.3 Å². The number of methoxy groups -OCH3 is 1. The van der Waals surface area contributed by atoms with E-state index in [9.17, 15) is 4.79 Å². The van der Waals surface area contributed by atoms with E-state index in [1.165, 1.54) is 17.5 Å². The lowest BCUT2D eigenvalue weighted by Gasteiger charge is -2.48. The minimum atomic E-state index is -0.0570. The van der Waals surface area contributed by atoms with E-state index in [1.807, 2.05) is 28.7 Å². The summed E-state index contributed by atoms with van der Waals surface area (Å²) in [5, 5.41) is 3.70. The van der Waals surface area contributed by atoms with E-state index in [-0.39, 0.29) is 39.7 Å². The van der Waals surface area contributed by atoms with Crippen LogP contribution in [0.3, 0.4) is 0 Å². The number of halogens is 2. The summed E-state index contributed by atoms with van der Waals surface area (Å²) in [4.78, 5) is 15.4. The Balaban J connectivity index is 0.00000200. The number of aryl methyl sites for hydroxylation is 1. The van der Waals surface area contributed by atoms with Crippen molar-refractivity contribution >= 4 is 52.2 Å². The van der Waals surface area contributed by atoms with E-state index >= 15 is 0 Å². The summed E-state index contributed by atoms with van der Waals surface area (Å²) in [5.74, 6) is 3.43. The first kappa shape index (κ1) is 32.4. The Morgan fingerprint density at radius 1 is 1.03 bits per heavy atom. The van der Waals surface area contributed by atoms with Crippen LogP contribution in [0.5, 0.6) is 5.75 Å². The first-order chi connectivity index (χ1) is 17.0. The zero-order chi connectivity index (χ0) is 25.7. The average Bonchev–Trinajstić information content (AvgIpc) is 3.14. The number of rotatable bonds is 3. The molecule has 38 heavy (non-hydrogen) atoms. The predicted octanol–water partition coefficient (Wildman–Crippen LogP) is 7.31. The Morgan fingerprint density at radius 2 is 1.76 bits per heavy atom. The smallest absolute Gasteiger partial charge is 0.139 e. The molecule has 0 aromatic heterocycles. The number of hydrogen-bond acceptors (Lipinski definition) is 6. The van der Waals surface area contributed by atoms with Gasteiger partial charge in [-0.05, 0) is 94.7 Å². The molecule has 1 N–H and O–H groups in total. The normalized spacial score (nSPS) is 32.6. The second-order valence-corrected chi connectivity index (χ2v) is 16.8. The highest BCUT2D eigenvalue weighted by Gasteiger charge is 2.54. The van der Waals surface area contributed by atoms with Crippen LogP contribution in [0.2, 0.25) is 0 Å². The van der Waals surface area contributed by atoms with Gasteiger partial charge in [0.05, 0.1) is 7.11 Å². The molecule has 1 aromatic rings. The fraction of sp³-hybridized carbons (Fsp3) is 0.767. The molecular formula is C30H48Cl2N2O2S2. The van der Waals surface area contributed by atoms with Gasteiger partial charge in [0.15, 0.2) is 0 Å². The molecule has 4 nitrogen and oxygen atoms in total. The van der Waals surface area contributed by atoms with E-state index in [4.69, 9.17) is 4.74 Å². The van der Waals surface area contributed by atoms with Crippen LogP contribution in [-0.4, -0.2) is 53.5 Å². The molecule has 4 atom stereocenters. The van der Waals surface area contributed by atoms with Gasteiger partial charge in [-0.3, -0.25) is 9.69 Å². The van der Waals surface area contributed by atoms with Gasteiger partial charge in [-0.25, -0.2) is 0 Å². The van der Waals surface area contributed by atoms with Crippen LogP contribution in [0.25, 0.3) is 0 Å². The van der Waals surface area contributed by atoms with Crippen molar-refractivity contribution in [2.45, 2.75) is 95.1 Å². The van der Waals surface area contributed by atoms with Crippen molar-refractivity contribution in [3.8, 4) is 5.75 Å². The van der Waals surface area contributed by atoms with Gasteiger partial charge in [0.1, 0.15) is 11.5 Å². The fourth-order valence-corrected chi connectivity index (χ4v) is 10.2. The lowest BCUT2D eigenvalue weighted by molar-refractivity contribution is -0.129. The number of nitrogens with one attached hydrogen (secondary N) is 1. The molecule has 3 aliphatic carbocycles. The van der Waals surface area contributed by atoms with Gasteiger partial charge in [0.2, 0.25) is 0 Å². The molecule has 0 radical (unpaired) electrons. The van der Waals surface area contributed by atoms with Crippen molar-refractivity contribution in [3.63, 3.8) is 0 Å². The summed E-state index contributed by atoms with van der Waals surface area (Å²) in [7, 11) is 5.88. The highest BCUT2D eigenvalue weighted by atomic mass is 35.5. The Morgan fingerprint density at radius 3 is 2.50 bits per heavy atom. The molecule has 5 rings (SSSR count). The Hall–Kier alpha value is -0.110. The standard InChI is InChI=1S/C30H46N2O2S2.2ClH/c1-28(2)18-31-13-14-32(19-29(3,4)36-35-28)17-21-15-24-20(16-26(21)34-6)7-8-23-22(24)11-12-30(5)25(23)9-10-27(30)33;;/h15-16,22-23,25,31H,7-14,17-19H2,1-6H3;2*1H. The van der Waals surface area contributed by atoms with Gasteiger partial charge < -0.3 is 10.1 Å². The van der Waals surface area contributed by atoms with Crippen LogP contribution in [0.1, 0.15) is 89.3 Å². The summed E-state index contributed by atoms with van der Waals surface area (Å²) in [6, 6.07) is 4.86. The summed E-state index contributed by atoms with van der Waals surface area (Å²) >= 11 is 0. The highest BCUT2D eigenvalue weighted by molar-refractivity contribution is 8.77. The second-order valence-electron chi connectivity index (χ2n) is 13.3. The van der Waals surface area contributed by atoms with Crippen LogP contribution < -0.4 is 10.1 Å². The van der Waals surface area contributed by atoms with Gasteiger partial charge in [-0.15, -0.1) is 24.8 Å². The van der Waals surface area contributed by atoms with Crippen LogP contribution >= 0.6 is 46.4 Å². The minimum absolute atomic E-state index is 0. The van der Waals surface area contributed by atoms with Gasteiger partial charge in [0.25, 0.3) is 0 Å². The Labute approximate surface area is 251 Å². The number of carbonyl (C=O) groups excluding carboxylic acids is 1. The van der Waals surface area contributed by atoms with Crippen LogP contribution in [0.15, 0.2) is 12.1 Å². The van der Waals surface area contributed by atoms with Crippen LogP contribution in [-0.2, 0) is 17.8 Å². The molecule has 4 unspecified atom stereocenters. The SMILES string of the molecule is COc1cc2c(cc1CN1CCNCC(C)(C)SSC(C)(C)C1)C1CCC3(C)C(=O)CCC3C1CC2.Cl.Cl. The van der Waals surface area contributed by atoms with Crippen LogP contribution in [0.4, 0.5) is 0 Å². The molecule has 0 amide bonds. The summed E-state index contributed by atoms with van der Waals surface area (Å²) in [6.07, 6.45) is 6.49. The summed E-state index contributed by atoms with van der Waals surface area (Å²) < 4.78 is 6.39. The molecule has 1 aromatic carbocycles. The number of hydrogen-bond donors (Lipinski definition) is 1. The number of benzene rings is 1. The monoisotopic (exact) mass is 602 g/mol. The molecule has 8 heteroatoms. The van der Waals surface area contributed by atoms with E-state index < -0.39 is 0 Å². The Kier molecular flexibility index (Phi) is 10.6. The molecule has 216 valence electrons. The zero-order valence-corrected chi connectivity index (χ0v) is 27.3. The van der Waals surface area contributed by atoms with Crippen molar-refractivity contribution in [2.75, 3.05) is 33.3 Å². The van der Waals surface area contributed by atoms with Crippen molar-refractivity contribution in [3.05, 3.63) is 28.8 Å². The molecule has 1 saturated heterocycles. The number of carbonyl (C=O) groups is 1. The third-order valence-corrected chi connectivity index (χ3v) is 13.7. The topological polar surface area (TPSA) is 41.6 Å². The molecular weight excluding hydrogens is 555 g/mol. The van der Waals surface area contributed by atoms with Crippen molar-refractivity contribution in [1.82, 2.24) is 10.2 Å². The molecule has 1 heterocycles. The van der Waals surface area contributed by atoms with Crippen molar-refractivity contribution in [2.24, 2.45) is 17.3 Å². The Bertz CT molecular complexity index is 1000. The zero-order valence-electron chi connectivity index (χ0n) is 24.1. The quantitative estimate of drug-likeness (QED) is 0.366. The van der Waals surface area contributed by atoms with Gasteiger partial charge in [-0.1, -0.05) is 34.6 Å². The van der Waals surface area contributed by atoms with Crippen molar-refractivity contribution in [1.29, 1.82) is 0 Å². The molecule has 0 bridgehead atoms. The van der Waals surface area contributed by atoms with E-state index in [2.05, 4.69) is 57.0 Å². The van der Waals surface area contributed by atoms with Gasteiger partial charge in [-0.2, -0.15) is 0 Å². The van der Waals surface area contributed by atoms with E-state index in [0.29, 0.717) is 23.5 Å². The number of nitrogens with zero attached hydrogens (tertiary/aromatic N) is 1. The van der Waals surface area contributed by atoms with Gasteiger partial charge in [0, 0.05) is 59.6 Å². The second kappa shape index (κ2) is 12.4. The predicted molar refractivity (Wildman–Crippen MR) is 169 cm³/mol. The fourth-order valence-electron chi connectivity index (χ4n) is 7.63. The largest absolute Gasteiger partial charge is 0.496 e. The summed E-state index contributed by atoms with van der Waals surface area (Å²) in [6.45, 7) is 16.8. The average molecular weight is 604 g/mol. The molecule has 1 aliphatic heterocycles. The maximum atomic E-state index is 12.8. The number of ether oxygens (including phenoxy) is 1. The first-order valence-electron chi connectivity index (χ1n) is 14.0. The number of ketones is 1. The minimum Gasteiger partial charge on any atom is -0.496 e. The lowest BCUT2D eigenvalue weighted by atomic mass is 9.55. The summed E-state index contributed by atoms with van der Waals surface area (Å²) in [5.41, 5.74) is 4.33. The third-order valence-electron chi connectivity index (χ3n) is 9.48. The maximum Gasteiger partial charge on any atom is 0.139 e. The highest BCUT2D eigenvalue weighted by Crippen LogP contribution is 2.59. The van der Waals surface area contributed by atoms with Crippen molar-refractivity contribution < 1.29 is 9.53 Å². The lowest BCUT2D eigenvalue weighted by Crippen LogP contribution is -2.44. The first-order valence-corrected chi connectivity index (χ1v) is 16.2. The number of Topliss-reactive ketones (excluding diaryl/α,β-unsaturated/α-hetero) is 1. The maximum absolute atomic E-state index is 12.8. The van der Waals surface area contributed by atoms with E-state index in [0.717, 1.165) is 70.6 Å². The molecule has 0 spiro atoms. The third kappa shape index (κ3) is 6.51. The number of fused-ring (bicyclic) bond motifs is 5. The van der Waals surface area contributed by atoms with Gasteiger partial charge >= 0.3 is 0 Å². The van der Waals surface area contributed by atoms with E-state index in [1.54, 1.807) is 5.56 Å². The molecule has 4 aliphatic rings.